The van der Waals surface area contributed by atoms with Crippen molar-refractivity contribution in [3.8, 4) is 0 Å². The topological polar surface area (TPSA) is 74.9 Å². The monoisotopic (exact) mass is 439 g/mol. The van der Waals surface area contributed by atoms with E-state index < -0.39 is 0 Å². The van der Waals surface area contributed by atoms with E-state index in [1.807, 2.05) is 13.8 Å². The molecule has 0 aliphatic carbocycles. The van der Waals surface area contributed by atoms with E-state index in [1.54, 1.807) is 14.2 Å². The third-order valence-corrected chi connectivity index (χ3v) is 3.39. The Morgan fingerprint density at radius 2 is 2.04 bits per heavy atom. The molecule has 1 aromatic heterocycles. The van der Waals surface area contributed by atoms with Crippen molar-refractivity contribution in [1.29, 1.82) is 0 Å². The number of rotatable bonds is 9. The summed E-state index contributed by atoms with van der Waals surface area (Å²) in [4.78, 5) is 10.8. The first-order valence-corrected chi connectivity index (χ1v) is 7.61. The molecule has 8 heteroatoms. The zero-order valence-electron chi connectivity index (χ0n) is 14.8. The Labute approximate surface area is 156 Å². The molecular formula is C15H30IN5O2. The molecular weight excluding hydrogens is 409 g/mol. The van der Waals surface area contributed by atoms with Crippen molar-refractivity contribution in [1.82, 2.24) is 20.5 Å². The number of hydrogen-bond acceptors (Lipinski definition) is 5. The second-order valence-electron chi connectivity index (χ2n) is 5.25. The quantitative estimate of drug-likeness (QED) is 0.263. The standard InChI is InChI=1S/C15H29N5O2.HI/c1-12-13(2)22-14(19-12)11-18-15(16-3)17-7-6-8-20(4)9-10-21-5;/h6-11H2,1-5H3,(H2,16,17,18);1H. The Balaban J connectivity index is 0.00000484. The van der Waals surface area contributed by atoms with E-state index in [9.17, 15) is 0 Å². The maximum absolute atomic E-state index is 5.53. The highest BCUT2D eigenvalue weighted by Crippen LogP contribution is 2.07. The normalized spacial score (nSPS) is 11.5. The van der Waals surface area contributed by atoms with E-state index >= 15 is 0 Å². The van der Waals surface area contributed by atoms with Crippen molar-refractivity contribution in [2.45, 2.75) is 26.8 Å². The number of aryl methyl sites for hydroxylation is 2. The Bertz CT molecular complexity index is 445. The summed E-state index contributed by atoms with van der Waals surface area (Å²) in [6.07, 6.45) is 1.04. The van der Waals surface area contributed by atoms with Gasteiger partial charge in [-0.2, -0.15) is 0 Å². The lowest BCUT2D eigenvalue weighted by molar-refractivity contribution is 0.161. The Morgan fingerprint density at radius 1 is 1.30 bits per heavy atom. The van der Waals surface area contributed by atoms with Gasteiger partial charge in [-0.05, 0) is 33.9 Å². The maximum Gasteiger partial charge on any atom is 0.214 e. The lowest BCUT2D eigenvalue weighted by Gasteiger charge is -2.16. The predicted octanol–water partition coefficient (Wildman–Crippen LogP) is 1.54. The molecule has 1 aromatic rings. The molecule has 0 unspecified atom stereocenters. The van der Waals surface area contributed by atoms with Gasteiger partial charge in [0, 0.05) is 27.2 Å². The van der Waals surface area contributed by atoms with Crippen LogP contribution in [0.2, 0.25) is 0 Å². The summed E-state index contributed by atoms with van der Waals surface area (Å²) in [6.45, 7) is 7.98. The molecule has 134 valence electrons. The van der Waals surface area contributed by atoms with E-state index in [2.05, 4.69) is 32.6 Å². The minimum Gasteiger partial charge on any atom is -0.444 e. The summed E-state index contributed by atoms with van der Waals surface area (Å²) < 4.78 is 10.6. The minimum absolute atomic E-state index is 0. The van der Waals surface area contributed by atoms with E-state index in [-0.39, 0.29) is 24.0 Å². The summed E-state index contributed by atoms with van der Waals surface area (Å²) in [5.41, 5.74) is 0.929. The van der Waals surface area contributed by atoms with Crippen LogP contribution in [0.5, 0.6) is 0 Å². The highest BCUT2D eigenvalue weighted by atomic mass is 127. The summed E-state index contributed by atoms with van der Waals surface area (Å²) in [5.74, 6) is 2.30. The van der Waals surface area contributed by atoms with Crippen LogP contribution in [0.1, 0.15) is 23.8 Å². The molecule has 0 saturated carbocycles. The van der Waals surface area contributed by atoms with Gasteiger partial charge in [-0.15, -0.1) is 24.0 Å². The second-order valence-corrected chi connectivity index (χ2v) is 5.25. The Kier molecular flexibility index (Phi) is 12.1. The van der Waals surface area contributed by atoms with Gasteiger partial charge in [0.05, 0.1) is 18.8 Å². The highest BCUT2D eigenvalue weighted by Gasteiger charge is 2.06. The summed E-state index contributed by atoms with van der Waals surface area (Å²) in [6, 6.07) is 0. The number of ether oxygens (including phenoxy) is 1. The molecule has 2 N–H and O–H groups in total. The molecule has 0 bridgehead atoms. The first kappa shape index (κ1) is 22.1. The van der Waals surface area contributed by atoms with Gasteiger partial charge in [0.2, 0.25) is 5.89 Å². The van der Waals surface area contributed by atoms with Crippen LogP contribution in [0, 0.1) is 13.8 Å². The van der Waals surface area contributed by atoms with Crippen LogP contribution in [0.15, 0.2) is 9.41 Å². The van der Waals surface area contributed by atoms with E-state index in [0.717, 1.165) is 50.1 Å². The van der Waals surface area contributed by atoms with Gasteiger partial charge >= 0.3 is 0 Å². The zero-order valence-corrected chi connectivity index (χ0v) is 17.1. The third kappa shape index (κ3) is 9.11. The lowest BCUT2D eigenvalue weighted by Crippen LogP contribution is -2.38. The molecule has 0 fully saturated rings. The predicted molar refractivity (Wildman–Crippen MR) is 104 cm³/mol. The van der Waals surface area contributed by atoms with E-state index in [4.69, 9.17) is 9.15 Å². The van der Waals surface area contributed by atoms with Crippen LogP contribution < -0.4 is 10.6 Å². The molecule has 7 nitrogen and oxygen atoms in total. The molecule has 0 aromatic carbocycles. The summed E-state index contributed by atoms with van der Waals surface area (Å²) >= 11 is 0. The fourth-order valence-corrected chi connectivity index (χ4v) is 1.91. The molecule has 0 atom stereocenters. The number of halogens is 1. The SMILES string of the molecule is CN=C(NCCCN(C)CCOC)NCc1nc(C)c(C)o1.I. The lowest BCUT2D eigenvalue weighted by atomic mass is 10.4. The first-order chi connectivity index (χ1) is 10.6. The van der Waals surface area contributed by atoms with Gasteiger partial charge in [-0.25, -0.2) is 4.98 Å². The van der Waals surface area contributed by atoms with Crippen LogP contribution in [-0.2, 0) is 11.3 Å². The number of aliphatic imine (C=N–C) groups is 1. The average molecular weight is 439 g/mol. The van der Waals surface area contributed by atoms with Crippen molar-refractivity contribution in [3.05, 3.63) is 17.3 Å². The van der Waals surface area contributed by atoms with Gasteiger partial charge < -0.3 is 24.7 Å². The smallest absolute Gasteiger partial charge is 0.214 e. The molecule has 0 saturated heterocycles. The number of aromatic nitrogens is 1. The molecule has 23 heavy (non-hydrogen) atoms. The van der Waals surface area contributed by atoms with Gasteiger partial charge in [-0.1, -0.05) is 0 Å². The number of nitrogens with zero attached hydrogens (tertiary/aromatic N) is 3. The molecule has 0 aliphatic rings. The van der Waals surface area contributed by atoms with Gasteiger partial charge in [0.1, 0.15) is 5.76 Å². The van der Waals surface area contributed by atoms with Crippen LogP contribution >= 0.6 is 24.0 Å². The average Bonchev–Trinajstić information content (AvgIpc) is 2.83. The van der Waals surface area contributed by atoms with Crippen LogP contribution in [0.25, 0.3) is 0 Å². The maximum atomic E-state index is 5.53. The van der Waals surface area contributed by atoms with Crippen molar-refractivity contribution in [2.75, 3.05) is 47.4 Å². The van der Waals surface area contributed by atoms with Gasteiger partial charge in [0.25, 0.3) is 0 Å². The fourth-order valence-electron chi connectivity index (χ4n) is 1.91. The van der Waals surface area contributed by atoms with Crippen molar-refractivity contribution in [3.63, 3.8) is 0 Å². The van der Waals surface area contributed by atoms with Crippen molar-refractivity contribution >= 4 is 29.9 Å². The van der Waals surface area contributed by atoms with Gasteiger partial charge in [-0.3, -0.25) is 4.99 Å². The number of guanidine groups is 1. The molecule has 1 rings (SSSR count). The molecule has 0 spiro atoms. The first-order valence-electron chi connectivity index (χ1n) is 7.61. The highest BCUT2D eigenvalue weighted by molar-refractivity contribution is 14.0. The van der Waals surface area contributed by atoms with E-state index in [1.165, 1.54) is 0 Å². The number of oxazole rings is 1. The zero-order chi connectivity index (χ0) is 16.4. The summed E-state index contributed by atoms with van der Waals surface area (Å²) in [7, 11) is 5.58. The summed E-state index contributed by atoms with van der Waals surface area (Å²) in [5, 5.41) is 6.48. The minimum atomic E-state index is 0. The van der Waals surface area contributed by atoms with E-state index in [0.29, 0.717) is 12.4 Å². The molecule has 1 heterocycles. The number of hydrogen-bond donors (Lipinski definition) is 2. The molecule has 0 radical (unpaired) electrons. The largest absolute Gasteiger partial charge is 0.444 e. The second kappa shape index (κ2) is 12.5. The number of nitrogens with one attached hydrogen (secondary N) is 2. The number of methoxy groups -OCH3 is 1. The molecule has 0 aliphatic heterocycles. The molecule has 0 amide bonds. The van der Waals surface area contributed by atoms with Crippen molar-refractivity contribution in [2.24, 2.45) is 4.99 Å². The van der Waals surface area contributed by atoms with Crippen LogP contribution in [0.4, 0.5) is 0 Å². The number of likely N-dealkylation sites (N-methyl/N-ethyl adjacent to an activating group) is 1. The Hall–Kier alpha value is -0.870. The fraction of sp³-hybridized carbons (Fsp3) is 0.733. The Morgan fingerprint density at radius 3 is 2.61 bits per heavy atom. The van der Waals surface area contributed by atoms with Crippen molar-refractivity contribution < 1.29 is 9.15 Å². The van der Waals surface area contributed by atoms with Crippen LogP contribution in [0.3, 0.4) is 0 Å². The van der Waals surface area contributed by atoms with Crippen LogP contribution in [-0.4, -0.2) is 63.3 Å². The third-order valence-electron chi connectivity index (χ3n) is 3.39. The van der Waals surface area contributed by atoms with Gasteiger partial charge in [0.15, 0.2) is 5.96 Å².